The van der Waals surface area contributed by atoms with Crippen LogP contribution in [0.1, 0.15) is 36.1 Å². The van der Waals surface area contributed by atoms with E-state index in [0.29, 0.717) is 18.7 Å². The lowest BCUT2D eigenvalue weighted by Crippen LogP contribution is -2.52. The van der Waals surface area contributed by atoms with Crippen molar-refractivity contribution in [2.24, 2.45) is 0 Å². The van der Waals surface area contributed by atoms with Crippen LogP contribution in [0.25, 0.3) is 0 Å². The number of hydrogen-bond donors (Lipinski definition) is 1. The number of benzene rings is 3. The Morgan fingerprint density at radius 3 is 2.31 bits per heavy atom. The predicted molar refractivity (Wildman–Crippen MR) is 149 cm³/mol. The van der Waals surface area contributed by atoms with Gasteiger partial charge in [0.05, 0.1) is 5.75 Å². The first-order valence-corrected chi connectivity index (χ1v) is 13.8. The number of hydrogen-bond acceptors (Lipinski definition) is 3. The highest BCUT2D eigenvalue weighted by Gasteiger charge is 2.30. The zero-order chi connectivity index (χ0) is 25.2. The number of amides is 2. The molecule has 184 valence electrons. The second-order valence-electron chi connectivity index (χ2n) is 8.94. The van der Waals surface area contributed by atoms with E-state index >= 15 is 0 Å². The third-order valence-electron chi connectivity index (χ3n) is 5.69. The number of nitrogens with one attached hydrogen (secondary N) is 1. The number of aryl methyl sites for hydroxylation is 1. The topological polar surface area (TPSA) is 49.4 Å². The van der Waals surface area contributed by atoms with E-state index in [0.717, 1.165) is 21.4 Å². The Labute approximate surface area is 221 Å². The number of nitrogens with zero attached hydrogens (tertiary/aromatic N) is 1. The van der Waals surface area contributed by atoms with Crippen LogP contribution in [0.3, 0.4) is 0 Å². The third kappa shape index (κ3) is 8.55. The van der Waals surface area contributed by atoms with Crippen molar-refractivity contribution in [1.82, 2.24) is 10.2 Å². The monoisotopic (exact) mass is 552 g/mol. The van der Waals surface area contributed by atoms with Crippen molar-refractivity contribution in [2.75, 3.05) is 5.75 Å². The van der Waals surface area contributed by atoms with Gasteiger partial charge in [0.25, 0.3) is 0 Å². The lowest BCUT2D eigenvalue weighted by atomic mass is 10.0. The SMILES string of the molecule is Cc1ccccc1CSCC(=O)N(Cc1cccc(Br)c1)C(Cc1ccccc1)C(=O)NC(C)C. The van der Waals surface area contributed by atoms with E-state index in [1.807, 2.05) is 80.6 Å². The fourth-order valence-corrected chi connectivity index (χ4v) is 5.30. The van der Waals surface area contributed by atoms with Gasteiger partial charge in [-0.2, -0.15) is 0 Å². The molecule has 0 aliphatic rings. The third-order valence-corrected chi connectivity index (χ3v) is 7.15. The largest absolute Gasteiger partial charge is 0.352 e. The van der Waals surface area contributed by atoms with E-state index in [4.69, 9.17) is 0 Å². The van der Waals surface area contributed by atoms with Crippen LogP contribution in [0.2, 0.25) is 0 Å². The molecule has 4 nitrogen and oxygen atoms in total. The molecule has 1 N–H and O–H groups in total. The Morgan fingerprint density at radius 2 is 1.63 bits per heavy atom. The maximum absolute atomic E-state index is 13.6. The average Bonchev–Trinajstić information content (AvgIpc) is 2.82. The van der Waals surface area contributed by atoms with Gasteiger partial charge in [-0.15, -0.1) is 11.8 Å². The molecule has 0 spiro atoms. The van der Waals surface area contributed by atoms with Crippen molar-refractivity contribution in [3.63, 3.8) is 0 Å². The fraction of sp³-hybridized carbons (Fsp3) is 0.310. The van der Waals surface area contributed by atoms with Crippen LogP contribution in [0.4, 0.5) is 0 Å². The Bertz CT molecular complexity index is 1120. The summed E-state index contributed by atoms with van der Waals surface area (Å²) < 4.78 is 0.947. The molecule has 0 heterocycles. The first-order chi connectivity index (χ1) is 16.8. The lowest BCUT2D eigenvalue weighted by Gasteiger charge is -2.32. The number of halogens is 1. The molecule has 3 aromatic carbocycles. The van der Waals surface area contributed by atoms with Gasteiger partial charge >= 0.3 is 0 Å². The molecule has 0 saturated heterocycles. The van der Waals surface area contributed by atoms with Crippen LogP contribution in [-0.4, -0.2) is 34.6 Å². The van der Waals surface area contributed by atoms with Crippen molar-refractivity contribution in [3.8, 4) is 0 Å². The predicted octanol–water partition coefficient (Wildman–Crippen LogP) is 6.16. The molecule has 3 rings (SSSR count). The minimum atomic E-state index is -0.606. The van der Waals surface area contributed by atoms with Gasteiger partial charge in [-0.25, -0.2) is 0 Å². The molecule has 0 aliphatic heterocycles. The Morgan fingerprint density at radius 1 is 0.943 bits per heavy atom. The van der Waals surface area contributed by atoms with Crippen LogP contribution in [0.15, 0.2) is 83.3 Å². The van der Waals surface area contributed by atoms with E-state index in [-0.39, 0.29) is 17.9 Å². The van der Waals surface area contributed by atoms with Gasteiger partial charge in [-0.1, -0.05) is 82.7 Å². The van der Waals surface area contributed by atoms with Crippen LogP contribution in [0.5, 0.6) is 0 Å². The molecule has 1 atom stereocenters. The van der Waals surface area contributed by atoms with Gasteiger partial charge in [0, 0.05) is 29.2 Å². The average molecular weight is 554 g/mol. The van der Waals surface area contributed by atoms with E-state index in [1.54, 1.807) is 16.7 Å². The molecule has 0 aliphatic carbocycles. The number of thioether (sulfide) groups is 1. The molecule has 0 aromatic heterocycles. The quantitative estimate of drug-likeness (QED) is 0.310. The fourth-order valence-electron chi connectivity index (χ4n) is 3.87. The van der Waals surface area contributed by atoms with E-state index in [2.05, 4.69) is 40.3 Å². The molecule has 3 aromatic rings. The van der Waals surface area contributed by atoms with Crippen molar-refractivity contribution in [3.05, 3.63) is 106 Å². The van der Waals surface area contributed by atoms with Gasteiger partial charge in [0.15, 0.2) is 0 Å². The summed E-state index contributed by atoms with van der Waals surface area (Å²) in [5, 5.41) is 3.04. The molecular weight excluding hydrogens is 520 g/mol. The summed E-state index contributed by atoms with van der Waals surface area (Å²) in [7, 11) is 0. The second kappa shape index (κ2) is 13.5. The van der Waals surface area contributed by atoms with E-state index in [9.17, 15) is 9.59 Å². The van der Waals surface area contributed by atoms with Gasteiger partial charge < -0.3 is 10.2 Å². The second-order valence-corrected chi connectivity index (χ2v) is 10.8. The molecule has 6 heteroatoms. The first-order valence-electron chi connectivity index (χ1n) is 11.8. The number of rotatable bonds is 11. The lowest BCUT2D eigenvalue weighted by molar-refractivity contribution is -0.139. The van der Waals surface area contributed by atoms with Crippen molar-refractivity contribution < 1.29 is 9.59 Å². The standard InChI is InChI=1S/C29H33BrN2O2S/c1-21(2)31-29(34)27(17-23-11-5-4-6-12-23)32(18-24-13-9-15-26(30)16-24)28(33)20-35-19-25-14-8-7-10-22(25)3/h4-16,21,27H,17-20H2,1-3H3,(H,31,34). The van der Waals surface area contributed by atoms with Crippen LogP contribution >= 0.6 is 27.7 Å². The van der Waals surface area contributed by atoms with Crippen LogP contribution < -0.4 is 5.32 Å². The zero-order valence-electron chi connectivity index (χ0n) is 20.5. The van der Waals surface area contributed by atoms with Crippen LogP contribution in [0, 0.1) is 6.92 Å². The summed E-state index contributed by atoms with van der Waals surface area (Å²) in [6.07, 6.45) is 0.460. The van der Waals surface area contributed by atoms with Crippen molar-refractivity contribution in [1.29, 1.82) is 0 Å². The molecule has 0 bridgehead atoms. The molecule has 0 radical (unpaired) electrons. The normalized spacial score (nSPS) is 11.8. The van der Waals surface area contributed by atoms with Gasteiger partial charge in [-0.05, 0) is 55.2 Å². The summed E-state index contributed by atoms with van der Waals surface area (Å²) in [6, 6.07) is 25.4. The molecule has 0 fully saturated rings. The molecule has 35 heavy (non-hydrogen) atoms. The van der Waals surface area contributed by atoms with Gasteiger partial charge in [0.1, 0.15) is 6.04 Å². The Hall–Kier alpha value is -2.57. The highest BCUT2D eigenvalue weighted by atomic mass is 79.9. The van der Waals surface area contributed by atoms with Crippen molar-refractivity contribution in [2.45, 2.75) is 51.6 Å². The summed E-state index contributed by atoms with van der Waals surface area (Å²) >= 11 is 5.12. The minimum Gasteiger partial charge on any atom is -0.352 e. The van der Waals surface area contributed by atoms with Crippen molar-refractivity contribution >= 4 is 39.5 Å². The number of carbonyl (C=O) groups excluding carboxylic acids is 2. The number of carbonyl (C=O) groups is 2. The minimum absolute atomic E-state index is 0.0148. The highest BCUT2D eigenvalue weighted by Crippen LogP contribution is 2.21. The summed E-state index contributed by atoms with van der Waals surface area (Å²) in [5.41, 5.74) is 4.45. The highest BCUT2D eigenvalue weighted by molar-refractivity contribution is 9.10. The first kappa shape index (κ1) is 27.0. The smallest absolute Gasteiger partial charge is 0.243 e. The summed E-state index contributed by atoms with van der Waals surface area (Å²) in [4.78, 5) is 28.8. The molecule has 1 unspecified atom stereocenters. The van der Waals surface area contributed by atoms with Gasteiger partial charge in [-0.3, -0.25) is 9.59 Å². The Balaban J connectivity index is 1.85. The van der Waals surface area contributed by atoms with E-state index < -0.39 is 6.04 Å². The molecule has 0 saturated carbocycles. The molecule has 2 amide bonds. The Kier molecular flexibility index (Phi) is 10.4. The molecular formula is C29H33BrN2O2S. The summed E-state index contributed by atoms with van der Waals surface area (Å²) in [5.74, 6) is 0.896. The maximum Gasteiger partial charge on any atom is 0.243 e. The van der Waals surface area contributed by atoms with Gasteiger partial charge in [0.2, 0.25) is 11.8 Å². The van der Waals surface area contributed by atoms with Crippen LogP contribution in [-0.2, 0) is 28.3 Å². The van der Waals surface area contributed by atoms with E-state index in [1.165, 1.54) is 11.1 Å². The maximum atomic E-state index is 13.6. The zero-order valence-corrected chi connectivity index (χ0v) is 22.9. The summed E-state index contributed by atoms with van der Waals surface area (Å²) in [6.45, 7) is 6.33.